The summed E-state index contributed by atoms with van der Waals surface area (Å²) in [5.41, 5.74) is 1.41. The first-order valence-corrected chi connectivity index (χ1v) is 10.7. The molecule has 9 heteroatoms. The van der Waals surface area contributed by atoms with Crippen LogP contribution in [0.2, 0.25) is 10.0 Å². The largest absolute Gasteiger partial charge is 0.295 e. The lowest BCUT2D eigenvalue weighted by molar-refractivity contribution is 0.553. The fourth-order valence-electron chi connectivity index (χ4n) is 2.96. The lowest BCUT2D eigenvalue weighted by Gasteiger charge is -2.11. The summed E-state index contributed by atoms with van der Waals surface area (Å²) in [4.78, 5) is 12.5. The topological polar surface area (TPSA) is 84.0 Å². The lowest BCUT2D eigenvalue weighted by atomic mass is 10.2. The zero-order valence-electron chi connectivity index (χ0n) is 14.4. The highest BCUT2D eigenvalue weighted by molar-refractivity contribution is 7.92. The number of nitrogens with one attached hydrogen (secondary N) is 2. The Labute approximate surface area is 166 Å². The van der Waals surface area contributed by atoms with Crippen LogP contribution in [0.4, 0.5) is 5.69 Å². The molecule has 0 unspecified atom stereocenters. The van der Waals surface area contributed by atoms with E-state index in [1.54, 1.807) is 23.7 Å². The number of benzene rings is 2. The number of rotatable bonds is 5. The summed E-state index contributed by atoms with van der Waals surface area (Å²) < 4.78 is 29.5. The number of anilines is 1. The van der Waals surface area contributed by atoms with E-state index < -0.39 is 10.0 Å². The Hall–Kier alpha value is -1.96. The maximum atomic E-state index is 12.7. The number of hydrogen-bond donors (Lipinski definition) is 2. The molecule has 1 aromatic heterocycles. The average molecular weight is 426 g/mol. The molecule has 0 aliphatic heterocycles. The molecule has 1 aliphatic rings. The van der Waals surface area contributed by atoms with E-state index in [-0.39, 0.29) is 15.5 Å². The molecule has 1 fully saturated rings. The van der Waals surface area contributed by atoms with Crippen molar-refractivity contribution in [3.8, 4) is 0 Å². The molecule has 0 amide bonds. The third-order valence-corrected chi connectivity index (χ3v) is 6.90. The monoisotopic (exact) mass is 425 g/mol. The zero-order valence-corrected chi connectivity index (χ0v) is 16.7. The van der Waals surface area contributed by atoms with Crippen molar-refractivity contribution in [1.29, 1.82) is 0 Å². The van der Waals surface area contributed by atoms with E-state index in [2.05, 4.69) is 9.82 Å². The third kappa shape index (κ3) is 3.59. The first-order valence-electron chi connectivity index (χ1n) is 8.45. The van der Waals surface area contributed by atoms with Gasteiger partial charge >= 0.3 is 0 Å². The number of aryl methyl sites for hydroxylation is 1. The van der Waals surface area contributed by atoms with Crippen molar-refractivity contribution in [2.75, 3.05) is 4.72 Å². The second kappa shape index (κ2) is 6.58. The number of aromatic nitrogens is 2. The molecule has 2 aromatic carbocycles. The third-order valence-electron chi connectivity index (χ3n) is 4.64. The standard InChI is InChI=1S/C18H17Cl2N3O3S/c1-10-6-17(15(20)8-14(10)19)27(25,26)22-12-4-5-16-13(7-12)18(24)23(21-16)9-11-2-3-11/h4-8,11,21-22H,2-3,9H2,1H3. The summed E-state index contributed by atoms with van der Waals surface area (Å²) in [5.74, 6) is 0.545. The van der Waals surface area contributed by atoms with Gasteiger partial charge in [0.2, 0.25) is 0 Å². The summed E-state index contributed by atoms with van der Waals surface area (Å²) in [6.45, 7) is 2.36. The predicted molar refractivity (Wildman–Crippen MR) is 107 cm³/mol. The molecule has 0 spiro atoms. The number of nitrogens with zero attached hydrogens (tertiary/aromatic N) is 1. The number of aromatic amines is 1. The Morgan fingerprint density at radius 2 is 1.93 bits per heavy atom. The maximum Gasteiger partial charge on any atom is 0.274 e. The van der Waals surface area contributed by atoms with E-state index in [9.17, 15) is 13.2 Å². The first-order chi connectivity index (χ1) is 12.7. The van der Waals surface area contributed by atoms with E-state index in [0.717, 1.165) is 12.8 Å². The highest BCUT2D eigenvalue weighted by atomic mass is 35.5. The predicted octanol–water partition coefficient (Wildman–Crippen LogP) is 4.16. The zero-order chi connectivity index (χ0) is 19.3. The summed E-state index contributed by atoms with van der Waals surface area (Å²) in [6.07, 6.45) is 2.27. The van der Waals surface area contributed by atoms with E-state index in [1.165, 1.54) is 18.2 Å². The van der Waals surface area contributed by atoms with Crippen molar-refractivity contribution in [1.82, 2.24) is 9.78 Å². The number of H-pyrrole nitrogens is 1. The molecule has 0 atom stereocenters. The van der Waals surface area contributed by atoms with Gasteiger partial charge in [-0.05, 0) is 61.6 Å². The Bertz CT molecular complexity index is 1210. The van der Waals surface area contributed by atoms with E-state index >= 15 is 0 Å². The van der Waals surface area contributed by atoms with Gasteiger partial charge in [0.15, 0.2) is 0 Å². The van der Waals surface area contributed by atoms with Crippen LogP contribution in [0.15, 0.2) is 40.0 Å². The first kappa shape index (κ1) is 18.4. The second-order valence-corrected chi connectivity index (χ2v) is 9.33. The Morgan fingerprint density at radius 1 is 1.19 bits per heavy atom. The van der Waals surface area contributed by atoms with Gasteiger partial charge in [-0.1, -0.05) is 23.2 Å². The van der Waals surface area contributed by atoms with Crippen LogP contribution >= 0.6 is 23.2 Å². The van der Waals surface area contributed by atoms with Crippen LogP contribution in [-0.2, 0) is 16.6 Å². The minimum atomic E-state index is -3.93. The number of sulfonamides is 1. The molecular weight excluding hydrogens is 409 g/mol. The maximum absolute atomic E-state index is 12.7. The van der Waals surface area contributed by atoms with Crippen LogP contribution < -0.4 is 10.3 Å². The molecule has 3 aromatic rings. The summed E-state index contributed by atoms with van der Waals surface area (Å²) in [7, 11) is -3.93. The molecule has 1 heterocycles. The van der Waals surface area contributed by atoms with Gasteiger partial charge in [0, 0.05) is 17.3 Å². The highest BCUT2D eigenvalue weighted by Gasteiger charge is 2.24. The average Bonchev–Trinajstić information content (AvgIpc) is 3.36. The SMILES string of the molecule is Cc1cc(S(=O)(=O)Nc2ccc3[nH]n(CC4CC4)c(=O)c3c2)c(Cl)cc1Cl. The van der Waals surface area contributed by atoms with E-state index in [0.29, 0.717) is 39.6 Å². The molecule has 0 radical (unpaired) electrons. The van der Waals surface area contributed by atoms with Gasteiger partial charge in [0.1, 0.15) is 4.90 Å². The molecule has 1 aliphatic carbocycles. The fourth-order valence-corrected chi connectivity index (χ4v) is 4.84. The smallest absolute Gasteiger partial charge is 0.274 e. The number of halogens is 2. The van der Waals surface area contributed by atoms with Crippen LogP contribution in [0.25, 0.3) is 10.9 Å². The normalized spacial score (nSPS) is 14.6. The quantitative estimate of drug-likeness (QED) is 0.643. The molecule has 0 saturated heterocycles. The van der Waals surface area contributed by atoms with Gasteiger partial charge in [-0.25, -0.2) is 8.42 Å². The minimum Gasteiger partial charge on any atom is -0.295 e. The Morgan fingerprint density at radius 3 is 2.63 bits per heavy atom. The molecule has 4 rings (SSSR count). The van der Waals surface area contributed by atoms with Crippen LogP contribution in [-0.4, -0.2) is 18.2 Å². The van der Waals surface area contributed by atoms with Crippen LogP contribution in [0, 0.1) is 12.8 Å². The Balaban J connectivity index is 1.69. The van der Waals surface area contributed by atoms with Crippen molar-refractivity contribution >= 4 is 49.8 Å². The van der Waals surface area contributed by atoms with E-state index in [4.69, 9.17) is 23.2 Å². The number of fused-ring (bicyclic) bond motifs is 1. The van der Waals surface area contributed by atoms with Crippen molar-refractivity contribution < 1.29 is 8.42 Å². The highest BCUT2D eigenvalue weighted by Crippen LogP contribution is 2.31. The van der Waals surface area contributed by atoms with Gasteiger partial charge in [0.25, 0.3) is 15.6 Å². The molecule has 0 bridgehead atoms. The van der Waals surface area contributed by atoms with E-state index in [1.807, 2.05) is 0 Å². The second-order valence-electron chi connectivity index (χ2n) is 6.87. The van der Waals surface area contributed by atoms with Crippen LogP contribution in [0.3, 0.4) is 0 Å². The van der Waals surface area contributed by atoms with Gasteiger partial charge in [-0.15, -0.1) is 0 Å². The lowest BCUT2D eigenvalue weighted by Crippen LogP contribution is -2.17. The van der Waals surface area contributed by atoms with Gasteiger partial charge in [-0.3, -0.25) is 19.3 Å². The molecule has 27 heavy (non-hydrogen) atoms. The van der Waals surface area contributed by atoms with Crippen molar-refractivity contribution in [3.05, 3.63) is 56.3 Å². The molecular formula is C18H17Cl2N3O3S. The summed E-state index contributed by atoms with van der Waals surface area (Å²) in [6, 6.07) is 7.65. The van der Waals surface area contributed by atoms with Gasteiger partial charge < -0.3 is 0 Å². The number of hydrogen-bond acceptors (Lipinski definition) is 3. The van der Waals surface area contributed by atoms with Crippen LogP contribution in [0.1, 0.15) is 18.4 Å². The molecule has 1 saturated carbocycles. The Kier molecular flexibility index (Phi) is 4.49. The van der Waals surface area contributed by atoms with Crippen molar-refractivity contribution in [2.24, 2.45) is 5.92 Å². The van der Waals surface area contributed by atoms with Crippen LogP contribution in [0.5, 0.6) is 0 Å². The fraction of sp³-hybridized carbons (Fsp3) is 0.278. The molecule has 142 valence electrons. The molecule has 2 N–H and O–H groups in total. The summed E-state index contributed by atoms with van der Waals surface area (Å²) in [5, 5.41) is 3.94. The summed E-state index contributed by atoms with van der Waals surface area (Å²) >= 11 is 12.0. The van der Waals surface area contributed by atoms with Gasteiger partial charge in [-0.2, -0.15) is 0 Å². The molecule has 6 nitrogen and oxygen atoms in total. The van der Waals surface area contributed by atoms with Crippen molar-refractivity contribution in [3.63, 3.8) is 0 Å². The van der Waals surface area contributed by atoms with Crippen molar-refractivity contribution in [2.45, 2.75) is 31.2 Å². The van der Waals surface area contributed by atoms with Gasteiger partial charge in [0.05, 0.1) is 15.9 Å². The minimum absolute atomic E-state index is 0.0348.